The lowest BCUT2D eigenvalue weighted by atomic mass is 10.1. The highest BCUT2D eigenvalue weighted by Crippen LogP contribution is 2.13. The Balaban J connectivity index is 2.74. The molecule has 2 amide bonds. The van der Waals surface area contributed by atoms with Gasteiger partial charge in [-0.25, -0.2) is 4.79 Å². The van der Waals surface area contributed by atoms with Crippen LogP contribution in [0.3, 0.4) is 0 Å². The van der Waals surface area contributed by atoms with Crippen LogP contribution in [0.2, 0.25) is 0 Å². The van der Waals surface area contributed by atoms with Gasteiger partial charge >= 0.3 is 5.97 Å². The Bertz CT molecular complexity index is 459. The summed E-state index contributed by atoms with van der Waals surface area (Å²) in [5.74, 6) is -1.35. The van der Waals surface area contributed by atoms with Crippen LogP contribution in [0.25, 0.3) is 0 Å². The van der Waals surface area contributed by atoms with Crippen molar-refractivity contribution in [2.24, 2.45) is 0 Å². The highest BCUT2D eigenvalue weighted by Gasteiger charge is 2.23. The van der Waals surface area contributed by atoms with Crippen LogP contribution in [0.4, 0.5) is 0 Å². The van der Waals surface area contributed by atoms with Gasteiger partial charge in [-0.05, 0) is 5.56 Å². The second-order valence-corrected chi connectivity index (χ2v) is 3.84. The molecule has 0 aliphatic rings. The van der Waals surface area contributed by atoms with Gasteiger partial charge in [0.05, 0.1) is 13.7 Å². The summed E-state index contributed by atoms with van der Waals surface area (Å²) in [6.45, 7) is 1.12. The van der Waals surface area contributed by atoms with Crippen LogP contribution in [0.15, 0.2) is 30.3 Å². The fraction of sp³-hybridized carbons (Fsp3) is 0.308. The van der Waals surface area contributed by atoms with Gasteiger partial charge in [-0.2, -0.15) is 0 Å². The van der Waals surface area contributed by atoms with Crippen molar-refractivity contribution in [2.45, 2.75) is 13.0 Å². The van der Waals surface area contributed by atoms with E-state index in [0.29, 0.717) is 5.56 Å². The van der Waals surface area contributed by atoms with Gasteiger partial charge in [0.2, 0.25) is 11.8 Å². The summed E-state index contributed by atoms with van der Waals surface area (Å²) >= 11 is 0. The fourth-order valence-corrected chi connectivity index (χ4v) is 1.46. The smallest absolute Gasteiger partial charge is 0.333 e. The number of nitrogens with one attached hydrogen (secondary N) is 2. The molecule has 6 heteroatoms. The molecule has 0 heterocycles. The predicted molar refractivity (Wildman–Crippen MR) is 68.0 cm³/mol. The quantitative estimate of drug-likeness (QED) is 0.742. The molecule has 0 aromatic heterocycles. The zero-order valence-corrected chi connectivity index (χ0v) is 10.8. The zero-order valence-electron chi connectivity index (χ0n) is 10.8. The minimum atomic E-state index is -0.882. The van der Waals surface area contributed by atoms with Crippen LogP contribution >= 0.6 is 0 Å². The highest BCUT2D eigenvalue weighted by atomic mass is 16.5. The molecule has 0 saturated carbocycles. The van der Waals surface area contributed by atoms with E-state index in [9.17, 15) is 14.4 Å². The molecular formula is C13H16N2O4. The Kier molecular flexibility index (Phi) is 5.53. The number of esters is 1. The molecule has 0 aliphatic carbocycles. The number of methoxy groups -OCH3 is 1. The minimum Gasteiger partial charge on any atom is -0.467 e. The van der Waals surface area contributed by atoms with Crippen LogP contribution < -0.4 is 10.6 Å². The molecule has 1 atom stereocenters. The average molecular weight is 264 g/mol. The third-order valence-corrected chi connectivity index (χ3v) is 2.37. The molecular weight excluding hydrogens is 248 g/mol. The number of carbonyl (C=O) groups excluding carboxylic acids is 3. The molecule has 0 saturated heterocycles. The number of rotatable bonds is 5. The molecule has 1 rings (SSSR count). The number of hydrogen-bond acceptors (Lipinski definition) is 4. The van der Waals surface area contributed by atoms with Crippen molar-refractivity contribution in [1.29, 1.82) is 0 Å². The summed E-state index contributed by atoms with van der Waals surface area (Å²) in [6.07, 6.45) is 0. The zero-order chi connectivity index (χ0) is 14.3. The third-order valence-electron chi connectivity index (χ3n) is 2.37. The highest BCUT2D eigenvalue weighted by molar-refractivity contribution is 5.88. The Morgan fingerprint density at radius 2 is 1.84 bits per heavy atom. The Hall–Kier alpha value is -2.37. The van der Waals surface area contributed by atoms with Gasteiger partial charge in [0.1, 0.15) is 0 Å². The van der Waals surface area contributed by atoms with Crippen LogP contribution in [-0.2, 0) is 19.1 Å². The molecule has 0 fully saturated rings. The fourth-order valence-electron chi connectivity index (χ4n) is 1.46. The molecule has 19 heavy (non-hydrogen) atoms. The van der Waals surface area contributed by atoms with E-state index >= 15 is 0 Å². The van der Waals surface area contributed by atoms with Crippen LogP contribution in [0, 0.1) is 0 Å². The molecule has 0 bridgehead atoms. The second-order valence-electron chi connectivity index (χ2n) is 3.84. The van der Waals surface area contributed by atoms with Gasteiger partial charge < -0.3 is 15.4 Å². The summed E-state index contributed by atoms with van der Waals surface area (Å²) in [4.78, 5) is 34.0. The SMILES string of the molecule is COC(=O)C(NC(=O)CNC(C)=O)c1ccccc1. The molecule has 0 aliphatic heterocycles. The van der Waals surface area contributed by atoms with Crippen molar-refractivity contribution in [2.75, 3.05) is 13.7 Å². The molecule has 1 aromatic carbocycles. The van der Waals surface area contributed by atoms with Crippen molar-refractivity contribution < 1.29 is 19.1 Å². The first kappa shape index (κ1) is 14.7. The lowest BCUT2D eigenvalue weighted by Crippen LogP contribution is -2.40. The Labute approximate surface area is 111 Å². The van der Waals surface area contributed by atoms with Crippen LogP contribution in [0.1, 0.15) is 18.5 Å². The summed E-state index contributed by atoms with van der Waals surface area (Å²) < 4.78 is 4.65. The van der Waals surface area contributed by atoms with Crippen LogP contribution in [-0.4, -0.2) is 31.4 Å². The molecule has 0 radical (unpaired) electrons. The van der Waals surface area contributed by atoms with Gasteiger partial charge in [-0.1, -0.05) is 30.3 Å². The third kappa shape index (κ3) is 4.79. The lowest BCUT2D eigenvalue weighted by molar-refractivity contribution is -0.145. The standard InChI is InChI=1S/C13H16N2O4/c1-9(16)14-8-11(17)15-12(13(18)19-2)10-6-4-3-5-7-10/h3-7,12H,8H2,1-2H3,(H,14,16)(H,15,17). The first-order chi connectivity index (χ1) is 9.04. The van der Waals surface area contributed by atoms with E-state index in [2.05, 4.69) is 15.4 Å². The van der Waals surface area contributed by atoms with Gasteiger partial charge in [0, 0.05) is 6.92 Å². The first-order valence-corrected chi connectivity index (χ1v) is 5.71. The molecule has 1 unspecified atom stereocenters. The molecule has 0 spiro atoms. The topological polar surface area (TPSA) is 84.5 Å². The number of hydrogen-bond donors (Lipinski definition) is 2. The molecule has 6 nitrogen and oxygen atoms in total. The van der Waals surface area contributed by atoms with Crippen molar-refractivity contribution >= 4 is 17.8 Å². The van der Waals surface area contributed by atoms with Gasteiger partial charge in [-0.3, -0.25) is 9.59 Å². The molecule has 102 valence electrons. The Morgan fingerprint density at radius 1 is 1.21 bits per heavy atom. The summed E-state index contributed by atoms with van der Waals surface area (Å²) in [5.41, 5.74) is 0.616. The van der Waals surface area contributed by atoms with E-state index in [1.54, 1.807) is 30.3 Å². The van der Waals surface area contributed by atoms with Crippen LogP contribution in [0.5, 0.6) is 0 Å². The second kappa shape index (κ2) is 7.15. The van der Waals surface area contributed by atoms with Gasteiger partial charge in [-0.15, -0.1) is 0 Å². The van der Waals surface area contributed by atoms with Crippen molar-refractivity contribution in [1.82, 2.24) is 10.6 Å². The maximum Gasteiger partial charge on any atom is 0.333 e. The number of benzene rings is 1. The first-order valence-electron chi connectivity index (χ1n) is 5.71. The van der Waals surface area contributed by atoms with E-state index in [-0.39, 0.29) is 12.5 Å². The summed E-state index contributed by atoms with van der Waals surface area (Å²) in [7, 11) is 1.25. The summed E-state index contributed by atoms with van der Waals surface area (Å²) in [5, 5.41) is 4.87. The van der Waals surface area contributed by atoms with Crippen molar-refractivity contribution in [3.05, 3.63) is 35.9 Å². The van der Waals surface area contributed by atoms with Gasteiger partial charge in [0.15, 0.2) is 6.04 Å². The number of ether oxygens (including phenoxy) is 1. The monoisotopic (exact) mass is 264 g/mol. The summed E-state index contributed by atoms with van der Waals surface area (Å²) in [6, 6.07) is 7.85. The van der Waals surface area contributed by atoms with Crippen molar-refractivity contribution in [3.63, 3.8) is 0 Å². The van der Waals surface area contributed by atoms with E-state index < -0.39 is 17.9 Å². The maximum absolute atomic E-state index is 11.7. The van der Waals surface area contributed by atoms with E-state index in [1.807, 2.05) is 0 Å². The lowest BCUT2D eigenvalue weighted by Gasteiger charge is -2.16. The van der Waals surface area contributed by atoms with Gasteiger partial charge in [0.25, 0.3) is 0 Å². The molecule has 1 aromatic rings. The normalized spacial score (nSPS) is 11.3. The minimum absolute atomic E-state index is 0.185. The number of carbonyl (C=O) groups is 3. The van der Waals surface area contributed by atoms with E-state index in [4.69, 9.17) is 0 Å². The van der Waals surface area contributed by atoms with Crippen molar-refractivity contribution in [3.8, 4) is 0 Å². The number of amides is 2. The average Bonchev–Trinajstić information content (AvgIpc) is 2.42. The maximum atomic E-state index is 11.7. The van der Waals surface area contributed by atoms with E-state index in [1.165, 1.54) is 14.0 Å². The van der Waals surface area contributed by atoms with E-state index in [0.717, 1.165) is 0 Å². The predicted octanol–water partition coefficient (Wildman–Crippen LogP) is 0.153. The largest absolute Gasteiger partial charge is 0.467 e. The molecule has 2 N–H and O–H groups in total. The Morgan fingerprint density at radius 3 is 2.37 bits per heavy atom.